The van der Waals surface area contributed by atoms with Gasteiger partial charge < -0.3 is 10.1 Å². The molecule has 0 radical (unpaired) electrons. The molecule has 0 aliphatic heterocycles. The third-order valence-corrected chi connectivity index (χ3v) is 5.11. The van der Waals surface area contributed by atoms with Gasteiger partial charge in [0.2, 0.25) is 0 Å². The SMILES string of the molecule is CCn1nc(C(=O)O[C@H](C)C(=O)N[C@H](C)CCc2ccccc2)c2ccccc2c1=O. The Labute approximate surface area is 181 Å². The number of carbonyl (C=O) groups is 2. The maximum Gasteiger partial charge on any atom is 0.360 e. The van der Waals surface area contributed by atoms with Crippen LogP contribution < -0.4 is 10.9 Å². The van der Waals surface area contributed by atoms with E-state index >= 15 is 0 Å². The second-order valence-electron chi connectivity index (χ2n) is 7.50. The van der Waals surface area contributed by atoms with Gasteiger partial charge in [-0.25, -0.2) is 9.48 Å². The van der Waals surface area contributed by atoms with Crippen molar-refractivity contribution in [1.29, 1.82) is 0 Å². The van der Waals surface area contributed by atoms with E-state index in [0.29, 0.717) is 17.3 Å². The van der Waals surface area contributed by atoms with Crippen LogP contribution >= 0.6 is 0 Å². The van der Waals surface area contributed by atoms with Crippen LogP contribution in [0.1, 0.15) is 43.2 Å². The van der Waals surface area contributed by atoms with Crippen LogP contribution in [0.3, 0.4) is 0 Å². The molecule has 0 saturated heterocycles. The number of hydrogen-bond acceptors (Lipinski definition) is 5. The molecule has 2 aromatic carbocycles. The van der Waals surface area contributed by atoms with Gasteiger partial charge in [0.1, 0.15) is 0 Å². The highest BCUT2D eigenvalue weighted by Crippen LogP contribution is 2.15. The first-order valence-electron chi connectivity index (χ1n) is 10.5. The van der Waals surface area contributed by atoms with E-state index in [-0.39, 0.29) is 23.2 Å². The summed E-state index contributed by atoms with van der Waals surface area (Å²) in [5, 5.41) is 7.83. The van der Waals surface area contributed by atoms with Gasteiger partial charge in [-0.05, 0) is 45.2 Å². The van der Waals surface area contributed by atoms with Gasteiger partial charge in [0.05, 0.1) is 5.39 Å². The van der Waals surface area contributed by atoms with E-state index in [1.54, 1.807) is 31.2 Å². The molecule has 0 fully saturated rings. The maximum atomic E-state index is 12.8. The minimum absolute atomic E-state index is 0.0221. The van der Waals surface area contributed by atoms with Crippen molar-refractivity contribution in [3.63, 3.8) is 0 Å². The molecule has 0 spiro atoms. The van der Waals surface area contributed by atoms with Gasteiger partial charge in [-0.15, -0.1) is 0 Å². The zero-order chi connectivity index (χ0) is 22.4. The van der Waals surface area contributed by atoms with Crippen LogP contribution in [0.2, 0.25) is 0 Å². The topological polar surface area (TPSA) is 90.3 Å². The smallest absolute Gasteiger partial charge is 0.360 e. The van der Waals surface area contributed by atoms with Gasteiger partial charge in [0.25, 0.3) is 11.5 Å². The summed E-state index contributed by atoms with van der Waals surface area (Å²) in [5.74, 6) is -1.11. The number of aromatic nitrogens is 2. The predicted octanol–water partition coefficient (Wildman–Crippen LogP) is 3.10. The standard InChI is InChI=1S/C24H27N3O4/c1-4-27-23(29)20-13-9-8-12-19(20)21(26-27)24(30)31-17(3)22(28)25-16(2)14-15-18-10-6-5-7-11-18/h5-13,16-17H,4,14-15H2,1-3H3,(H,25,28)/t16-,17-/m1/s1. The van der Waals surface area contributed by atoms with Gasteiger partial charge >= 0.3 is 5.97 Å². The van der Waals surface area contributed by atoms with E-state index in [1.165, 1.54) is 17.2 Å². The number of nitrogens with zero attached hydrogens (tertiary/aromatic N) is 2. The molecular weight excluding hydrogens is 394 g/mol. The average molecular weight is 421 g/mol. The molecular formula is C24H27N3O4. The number of carbonyl (C=O) groups excluding carboxylic acids is 2. The molecule has 1 amide bonds. The van der Waals surface area contributed by atoms with Crippen molar-refractivity contribution >= 4 is 22.6 Å². The fraction of sp³-hybridized carbons (Fsp3) is 0.333. The van der Waals surface area contributed by atoms with Crippen LogP contribution in [-0.4, -0.2) is 33.8 Å². The van der Waals surface area contributed by atoms with Gasteiger partial charge in [0.15, 0.2) is 11.8 Å². The summed E-state index contributed by atoms with van der Waals surface area (Å²) in [6.45, 7) is 5.53. The molecule has 7 nitrogen and oxygen atoms in total. The summed E-state index contributed by atoms with van der Waals surface area (Å²) in [6.07, 6.45) is 0.615. The van der Waals surface area contributed by atoms with Crippen molar-refractivity contribution in [2.24, 2.45) is 0 Å². The number of fused-ring (bicyclic) bond motifs is 1. The number of rotatable bonds is 8. The van der Waals surface area contributed by atoms with Gasteiger partial charge in [0, 0.05) is 18.0 Å². The Bertz CT molecular complexity index is 1120. The van der Waals surface area contributed by atoms with Gasteiger partial charge in [-0.1, -0.05) is 48.5 Å². The molecule has 31 heavy (non-hydrogen) atoms. The molecule has 1 heterocycles. The first kappa shape index (κ1) is 22.2. The summed E-state index contributed by atoms with van der Waals surface area (Å²) in [6, 6.07) is 16.7. The largest absolute Gasteiger partial charge is 0.448 e. The first-order valence-corrected chi connectivity index (χ1v) is 10.5. The molecule has 0 unspecified atom stereocenters. The monoisotopic (exact) mass is 421 g/mol. The molecule has 0 saturated carbocycles. The van der Waals surface area contributed by atoms with Crippen molar-refractivity contribution in [2.75, 3.05) is 0 Å². The number of nitrogens with one attached hydrogen (secondary N) is 1. The Hall–Kier alpha value is -3.48. The van der Waals surface area contributed by atoms with Crippen molar-refractivity contribution in [1.82, 2.24) is 15.1 Å². The minimum atomic E-state index is -0.991. The number of hydrogen-bond donors (Lipinski definition) is 1. The van der Waals surface area contributed by atoms with Crippen LogP contribution in [0.5, 0.6) is 0 Å². The summed E-state index contributed by atoms with van der Waals surface area (Å²) in [7, 11) is 0. The molecule has 0 aliphatic carbocycles. The summed E-state index contributed by atoms with van der Waals surface area (Å²) in [4.78, 5) is 37.7. The Morgan fingerprint density at radius 3 is 2.35 bits per heavy atom. The van der Waals surface area contributed by atoms with E-state index in [0.717, 1.165) is 12.8 Å². The van der Waals surface area contributed by atoms with Crippen molar-refractivity contribution < 1.29 is 14.3 Å². The predicted molar refractivity (Wildman–Crippen MR) is 119 cm³/mol. The molecule has 1 N–H and O–H groups in total. The second-order valence-corrected chi connectivity index (χ2v) is 7.50. The number of benzene rings is 2. The zero-order valence-electron chi connectivity index (χ0n) is 18.0. The number of ether oxygens (including phenoxy) is 1. The third kappa shape index (κ3) is 5.36. The number of amides is 1. The first-order chi connectivity index (χ1) is 14.9. The summed E-state index contributed by atoms with van der Waals surface area (Å²) < 4.78 is 6.60. The fourth-order valence-corrected chi connectivity index (χ4v) is 3.33. The lowest BCUT2D eigenvalue weighted by Crippen LogP contribution is -2.41. The number of aryl methyl sites for hydroxylation is 2. The molecule has 162 valence electrons. The van der Waals surface area contributed by atoms with Crippen molar-refractivity contribution in [3.8, 4) is 0 Å². The highest BCUT2D eigenvalue weighted by Gasteiger charge is 2.24. The molecule has 3 aromatic rings. The van der Waals surface area contributed by atoms with E-state index in [2.05, 4.69) is 10.4 Å². The third-order valence-electron chi connectivity index (χ3n) is 5.11. The quantitative estimate of drug-likeness (QED) is 0.565. The molecule has 2 atom stereocenters. The van der Waals surface area contributed by atoms with Crippen molar-refractivity contribution in [2.45, 2.75) is 52.3 Å². The molecule has 3 rings (SSSR count). The lowest BCUT2D eigenvalue weighted by atomic mass is 10.1. The van der Waals surface area contributed by atoms with Crippen LogP contribution in [-0.2, 0) is 22.5 Å². The van der Waals surface area contributed by atoms with Crippen LogP contribution in [0, 0.1) is 0 Å². The highest BCUT2D eigenvalue weighted by atomic mass is 16.5. The van der Waals surface area contributed by atoms with E-state index < -0.39 is 12.1 Å². The Balaban J connectivity index is 1.65. The molecule has 7 heteroatoms. The summed E-state index contributed by atoms with van der Waals surface area (Å²) in [5.41, 5.74) is 0.952. The second kappa shape index (κ2) is 10.0. The minimum Gasteiger partial charge on any atom is -0.448 e. The molecule has 0 bridgehead atoms. The highest BCUT2D eigenvalue weighted by molar-refractivity contribution is 6.02. The molecule has 1 aromatic heterocycles. The summed E-state index contributed by atoms with van der Waals surface area (Å²) >= 11 is 0. The Kier molecular flexibility index (Phi) is 7.18. The van der Waals surface area contributed by atoms with Crippen LogP contribution in [0.4, 0.5) is 0 Å². The van der Waals surface area contributed by atoms with Gasteiger partial charge in [-0.3, -0.25) is 9.59 Å². The lowest BCUT2D eigenvalue weighted by molar-refractivity contribution is -0.129. The van der Waals surface area contributed by atoms with Crippen LogP contribution in [0.15, 0.2) is 59.4 Å². The normalized spacial score (nSPS) is 12.9. The van der Waals surface area contributed by atoms with Crippen LogP contribution in [0.25, 0.3) is 10.8 Å². The van der Waals surface area contributed by atoms with Crippen molar-refractivity contribution in [3.05, 3.63) is 76.2 Å². The Morgan fingerprint density at radius 1 is 1.03 bits per heavy atom. The fourth-order valence-electron chi connectivity index (χ4n) is 3.33. The molecule has 0 aliphatic rings. The van der Waals surface area contributed by atoms with Gasteiger partial charge in [-0.2, -0.15) is 5.10 Å². The Morgan fingerprint density at radius 2 is 1.68 bits per heavy atom. The van der Waals surface area contributed by atoms with E-state index in [4.69, 9.17) is 4.74 Å². The lowest BCUT2D eigenvalue weighted by Gasteiger charge is -2.18. The average Bonchev–Trinajstić information content (AvgIpc) is 2.78. The zero-order valence-corrected chi connectivity index (χ0v) is 18.0. The number of esters is 1. The van der Waals surface area contributed by atoms with E-state index in [1.807, 2.05) is 37.3 Å². The van der Waals surface area contributed by atoms with E-state index in [9.17, 15) is 14.4 Å². The maximum absolute atomic E-state index is 12.8.